The molecular formula is C10H22O3. The third-order valence-corrected chi connectivity index (χ3v) is 1.82. The predicted molar refractivity (Wildman–Crippen MR) is 52.5 cm³/mol. The van der Waals surface area contributed by atoms with Crippen molar-refractivity contribution >= 4 is 0 Å². The lowest BCUT2D eigenvalue weighted by atomic mass is 10.3. The molecule has 2 unspecified atom stereocenters. The van der Waals surface area contributed by atoms with Gasteiger partial charge in [-0.3, -0.25) is 0 Å². The molecule has 0 saturated heterocycles. The fourth-order valence-corrected chi connectivity index (χ4v) is 0.851. The fraction of sp³-hybridized carbons (Fsp3) is 1.00. The summed E-state index contributed by atoms with van der Waals surface area (Å²) >= 11 is 0. The summed E-state index contributed by atoms with van der Waals surface area (Å²) in [6.07, 6.45) is 0.957. The molecule has 0 aromatic heterocycles. The zero-order chi connectivity index (χ0) is 10.3. The molecule has 3 heteroatoms. The van der Waals surface area contributed by atoms with Crippen LogP contribution in [0.5, 0.6) is 0 Å². The Balaban J connectivity index is 3.79. The first-order valence-corrected chi connectivity index (χ1v) is 5.06. The Morgan fingerprint density at radius 1 is 1.23 bits per heavy atom. The molecule has 80 valence electrons. The van der Waals surface area contributed by atoms with Crippen LogP contribution in [0.3, 0.4) is 0 Å². The monoisotopic (exact) mass is 190 g/mol. The Morgan fingerprint density at radius 2 is 1.85 bits per heavy atom. The van der Waals surface area contributed by atoms with Crippen LogP contribution in [-0.4, -0.2) is 30.2 Å². The highest BCUT2D eigenvalue weighted by atomic mass is 16.7. The molecule has 0 aliphatic rings. The first-order chi connectivity index (χ1) is 6.11. The Morgan fingerprint density at radius 3 is 2.23 bits per heavy atom. The smallest absolute Gasteiger partial charge is 0.183 e. The van der Waals surface area contributed by atoms with Gasteiger partial charge < -0.3 is 14.6 Å². The van der Waals surface area contributed by atoms with Crippen LogP contribution in [0, 0.1) is 0 Å². The Bertz CT molecular complexity index is 115. The van der Waals surface area contributed by atoms with Crippen molar-refractivity contribution in [2.45, 2.75) is 59.0 Å². The van der Waals surface area contributed by atoms with E-state index in [0.29, 0.717) is 6.61 Å². The average molecular weight is 190 g/mol. The van der Waals surface area contributed by atoms with E-state index in [-0.39, 0.29) is 6.10 Å². The van der Waals surface area contributed by atoms with Gasteiger partial charge >= 0.3 is 0 Å². The van der Waals surface area contributed by atoms with E-state index in [2.05, 4.69) is 0 Å². The lowest BCUT2D eigenvalue weighted by Crippen LogP contribution is -2.32. The summed E-state index contributed by atoms with van der Waals surface area (Å²) in [7, 11) is 0. The zero-order valence-electron chi connectivity index (χ0n) is 9.12. The second-order valence-electron chi connectivity index (χ2n) is 3.33. The van der Waals surface area contributed by atoms with E-state index < -0.39 is 12.4 Å². The summed E-state index contributed by atoms with van der Waals surface area (Å²) in [6, 6.07) is 0. The van der Waals surface area contributed by atoms with Gasteiger partial charge in [-0.25, -0.2) is 0 Å². The molecule has 3 atom stereocenters. The van der Waals surface area contributed by atoms with Gasteiger partial charge in [-0.1, -0.05) is 13.8 Å². The highest BCUT2D eigenvalue weighted by Crippen LogP contribution is 2.08. The van der Waals surface area contributed by atoms with Gasteiger partial charge in [0.1, 0.15) is 6.10 Å². The van der Waals surface area contributed by atoms with Crippen molar-refractivity contribution in [3.05, 3.63) is 0 Å². The molecule has 0 aromatic rings. The second kappa shape index (κ2) is 7.30. The molecule has 1 N–H and O–H groups in total. The topological polar surface area (TPSA) is 38.7 Å². The van der Waals surface area contributed by atoms with Gasteiger partial charge in [0.25, 0.3) is 0 Å². The number of hydrogen-bond acceptors (Lipinski definition) is 3. The van der Waals surface area contributed by atoms with Crippen LogP contribution in [0.15, 0.2) is 0 Å². The maximum absolute atomic E-state index is 9.33. The molecule has 0 amide bonds. The predicted octanol–water partition coefficient (Wildman–Crippen LogP) is 1.94. The van der Waals surface area contributed by atoms with Crippen LogP contribution in [0.1, 0.15) is 40.5 Å². The Kier molecular flexibility index (Phi) is 7.23. The summed E-state index contributed by atoms with van der Waals surface area (Å²) in [6.45, 7) is 8.37. The molecule has 0 aliphatic heterocycles. The molecule has 0 rings (SSSR count). The molecule has 0 fully saturated rings. The summed E-state index contributed by atoms with van der Waals surface area (Å²) in [5.41, 5.74) is 0. The van der Waals surface area contributed by atoms with E-state index >= 15 is 0 Å². The molecule has 0 radical (unpaired) electrons. The van der Waals surface area contributed by atoms with Crippen molar-refractivity contribution < 1.29 is 14.6 Å². The molecule has 0 saturated carbocycles. The minimum atomic E-state index is -0.569. The summed E-state index contributed by atoms with van der Waals surface area (Å²) in [5, 5.41) is 9.33. The van der Waals surface area contributed by atoms with E-state index in [1.54, 1.807) is 6.92 Å². The molecule has 0 spiro atoms. The third kappa shape index (κ3) is 6.02. The number of ether oxygens (including phenoxy) is 2. The largest absolute Gasteiger partial charge is 0.388 e. The highest BCUT2D eigenvalue weighted by Gasteiger charge is 2.17. The van der Waals surface area contributed by atoms with Crippen molar-refractivity contribution in [3.8, 4) is 0 Å². The molecule has 0 aliphatic carbocycles. The quantitative estimate of drug-likeness (QED) is 0.623. The first-order valence-electron chi connectivity index (χ1n) is 5.06. The van der Waals surface area contributed by atoms with Crippen molar-refractivity contribution in [1.29, 1.82) is 0 Å². The fourth-order valence-electron chi connectivity index (χ4n) is 0.851. The minimum absolute atomic E-state index is 0.136. The summed E-state index contributed by atoms with van der Waals surface area (Å²) in [4.78, 5) is 0. The summed E-state index contributed by atoms with van der Waals surface area (Å²) < 4.78 is 10.8. The van der Waals surface area contributed by atoms with Crippen LogP contribution in [-0.2, 0) is 9.47 Å². The normalized spacial score (nSPS) is 18.2. The molecule has 3 nitrogen and oxygen atoms in total. The molecular weight excluding hydrogens is 168 g/mol. The standard InChI is InChI=1S/C10H22O3/c1-5-7-12-10(9(4)11)13-8(3)6-2/h8-11H,5-7H2,1-4H3/t8?,9-,10?/m0/s1. The minimum Gasteiger partial charge on any atom is -0.388 e. The maximum atomic E-state index is 9.33. The van der Waals surface area contributed by atoms with Gasteiger partial charge in [-0.05, 0) is 26.7 Å². The van der Waals surface area contributed by atoms with Gasteiger partial charge in [-0.15, -0.1) is 0 Å². The van der Waals surface area contributed by atoms with Crippen LogP contribution in [0.4, 0.5) is 0 Å². The van der Waals surface area contributed by atoms with Crippen molar-refractivity contribution in [3.63, 3.8) is 0 Å². The second-order valence-corrected chi connectivity index (χ2v) is 3.33. The van der Waals surface area contributed by atoms with Crippen LogP contribution < -0.4 is 0 Å². The summed E-state index contributed by atoms with van der Waals surface area (Å²) in [5.74, 6) is 0. The van der Waals surface area contributed by atoms with Gasteiger partial charge in [0, 0.05) is 6.61 Å². The van der Waals surface area contributed by atoms with E-state index in [1.165, 1.54) is 0 Å². The highest BCUT2D eigenvalue weighted by molar-refractivity contribution is 4.56. The zero-order valence-corrected chi connectivity index (χ0v) is 9.12. The van der Waals surface area contributed by atoms with Gasteiger partial charge in [0.05, 0.1) is 6.10 Å². The van der Waals surface area contributed by atoms with Crippen LogP contribution in [0.2, 0.25) is 0 Å². The number of aliphatic hydroxyl groups is 1. The van der Waals surface area contributed by atoms with Crippen LogP contribution in [0.25, 0.3) is 0 Å². The van der Waals surface area contributed by atoms with Crippen LogP contribution >= 0.6 is 0 Å². The van der Waals surface area contributed by atoms with Crippen molar-refractivity contribution in [1.82, 2.24) is 0 Å². The third-order valence-electron chi connectivity index (χ3n) is 1.82. The van der Waals surface area contributed by atoms with E-state index in [9.17, 15) is 5.11 Å². The SMILES string of the molecule is CCCOC(OC(C)CC)[C@H](C)O. The van der Waals surface area contributed by atoms with Crippen molar-refractivity contribution in [2.24, 2.45) is 0 Å². The van der Waals surface area contributed by atoms with Gasteiger partial charge in [0.15, 0.2) is 6.29 Å². The Labute approximate surface area is 81.0 Å². The maximum Gasteiger partial charge on any atom is 0.183 e. The molecule has 0 heterocycles. The number of hydrogen-bond donors (Lipinski definition) is 1. The molecule has 0 aromatic carbocycles. The van der Waals surface area contributed by atoms with E-state index in [0.717, 1.165) is 12.8 Å². The average Bonchev–Trinajstić information content (AvgIpc) is 2.11. The molecule has 0 bridgehead atoms. The van der Waals surface area contributed by atoms with E-state index in [1.807, 2.05) is 20.8 Å². The van der Waals surface area contributed by atoms with Gasteiger partial charge in [0.2, 0.25) is 0 Å². The van der Waals surface area contributed by atoms with Gasteiger partial charge in [-0.2, -0.15) is 0 Å². The number of aliphatic hydroxyl groups excluding tert-OH is 1. The lowest BCUT2D eigenvalue weighted by Gasteiger charge is -2.24. The first kappa shape index (κ1) is 12.9. The lowest BCUT2D eigenvalue weighted by molar-refractivity contribution is -0.209. The number of rotatable bonds is 7. The van der Waals surface area contributed by atoms with E-state index in [4.69, 9.17) is 9.47 Å². The van der Waals surface area contributed by atoms with Crippen molar-refractivity contribution in [2.75, 3.05) is 6.61 Å². The molecule has 13 heavy (non-hydrogen) atoms. The Hall–Kier alpha value is -0.120.